The highest BCUT2D eigenvalue weighted by Crippen LogP contribution is 2.39. The molecule has 1 atom stereocenters. The Morgan fingerprint density at radius 3 is 2.85 bits per heavy atom. The fourth-order valence-electron chi connectivity index (χ4n) is 2.92. The maximum Gasteiger partial charge on any atom is 0.230 e. The number of likely N-dealkylation sites (N-methyl/N-ethyl adjacent to an activating group) is 1. The van der Waals surface area contributed by atoms with Crippen molar-refractivity contribution in [3.63, 3.8) is 0 Å². The van der Waals surface area contributed by atoms with E-state index in [2.05, 4.69) is 34.0 Å². The topological polar surface area (TPSA) is 45.4 Å². The molecule has 5 heteroatoms. The first-order valence-corrected chi connectivity index (χ1v) is 7.97. The van der Waals surface area contributed by atoms with Gasteiger partial charge in [-0.15, -0.1) is 10.2 Å². The minimum Gasteiger partial charge on any atom is -0.424 e. The van der Waals surface area contributed by atoms with Gasteiger partial charge in [0.2, 0.25) is 11.8 Å². The molecule has 1 aliphatic heterocycles. The van der Waals surface area contributed by atoms with Crippen molar-refractivity contribution in [2.75, 3.05) is 26.7 Å². The Hall–Kier alpha value is -0.940. The van der Waals surface area contributed by atoms with Crippen LogP contribution in [0.15, 0.2) is 4.42 Å². The van der Waals surface area contributed by atoms with E-state index in [0.29, 0.717) is 5.92 Å². The fraction of sp³-hybridized carbons (Fsp3) is 0.867. The van der Waals surface area contributed by atoms with E-state index in [1.54, 1.807) is 0 Å². The van der Waals surface area contributed by atoms with E-state index in [0.717, 1.165) is 37.5 Å². The van der Waals surface area contributed by atoms with Gasteiger partial charge < -0.3 is 4.42 Å². The minimum absolute atomic E-state index is 0.552. The normalized spacial score (nSPS) is 24.4. The van der Waals surface area contributed by atoms with Crippen LogP contribution < -0.4 is 0 Å². The third-order valence-corrected chi connectivity index (χ3v) is 4.52. The largest absolute Gasteiger partial charge is 0.424 e. The molecule has 0 N–H and O–H groups in total. The van der Waals surface area contributed by atoms with Crippen LogP contribution in [0.25, 0.3) is 0 Å². The third-order valence-electron chi connectivity index (χ3n) is 4.52. The molecular weight excluding hydrogens is 252 g/mol. The highest BCUT2D eigenvalue weighted by atomic mass is 16.4. The van der Waals surface area contributed by atoms with Gasteiger partial charge in [-0.2, -0.15) is 0 Å². The molecule has 1 unspecified atom stereocenters. The molecular formula is C15H26N4O. The van der Waals surface area contributed by atoms with E-state index in [1.165, 1.54) is 38.6 Å². The predicted octanol–water partition coefficient (Wildman–Crippen LogP) is 2.25. The molecule has 0 bridgehead atoms. The molecule has 1 saturated heterocycles. The summed E-state index contributed by atoms with van der Waals surface area (Å²) in [7, 11) is 2.13. The fourth-order valence-corrected chi connectivity index (χ4v) is 2.92. The maximum atomic E-state index is 5.71. The number of hydrogen-bond donors (Lipinski definition) is 0. The van der Waals surface area contributed by atoms with Gasteiger partial charge in [0, 0.05) is 25.0 Å². The second kappa shape index (κ2) is 6.22. The standard InChI is InChI=1S/C15H26N4O/c1-12-5-3-4-8-19(12)10-9-18(2)11-14-16-17-15(20-14)13-6-7-13/h12-13H,3-11H2,1-2H3. The quantitative estimate of drug-likeness (QED) is 0.798. The van der Waals surface area contributed by atoms with Gasteiger partial charge in [-0.25, -0.2) is 0 Å². The van der Waals surface area contributed by atoms with Gasteiger partial charge in [-0.05, 0) is 46.2 Å². The highest BCUT2D eigenvalue weighted by molar-refractivity contribution is 5.00. The lowest BCUT2D eigenvalue weighted by Crippen LogP contribution is -2.41. The van der Waals surface area contributed by atoms with E-state index in [4.69, 9.17) is 4.42 Å². The molecule has 0 aromatic carbocycles. The van der Waals surface area contributed by atoms with Crippen LogP contribution in [0.5, 0.6) is 0 Å². The number of likely N-dealkylation sites (tertiary alicyclic amines) is 1. The van der Waals surface area contributed by atoms with Crippen LogP contribution in [0.1, 0.15) is 56.7 Å². The van der Waals surface area contributed by atoms with E-state index < -0.39 is 0 Å². The van der Waals surface area contributed by atoms with Gasteiger partial charge in [0.1, 0.15) is 0 Å². The Kier molecular flexibility index (Phi) is 4.36. The summed E-state index contributed by atoms with van der Waals surface area (Å²) in [5, 5.41) is 8.29. The van der Waals surface area contributed by atoms with Crippen LogP contribution in [0.4, 0.5) is 0 Å². The average molecular weight is 278 g/mol. The van der Waals surface area contributed by atoms with E-state index >= 15 is 0 Å². The van der Waals surface area contributed by atoms with Crippen LogP contribution in [0, 0.1) is 0 Å². The Balaban J connectivity index is 1.42. The predicted molar refractivity (Wildman–Crippen MR) is 77.5 cm³/mol. The number of nitrogens with zero attached hydrogens (tertiary/aromatic N) is 4. The highest BCUT2D eigenvalue weighted by Gasteiger charge is 2.29. The summed E-state index contributed by atoms with van der Waals surface area (Å²) in [6.45, 7) is 6.56. The van der Waals surface area contributed by atoms with Crippen LogP contribution >= 0.6 is 0 Å². The van der Waals surface area contributed by atoms with Crippen molar-refractivity contribution in [2.24, 2.45) is 0 Å². The van der Waals surface area contributed by atoms with Crippen molar-refractivity contribution >= 4 is 0 Å². The van der Waals surface area contributed by atoms with Crippen molar-refractivity contribution in [2.45, 2.75) is 57.5 Å². The minimum atomic E-state index is 0.552. The second-order valence-electron chi connectivity index (χ2n) is 6.43. The summed E-state index contributed by atoms with van der Waals surface area (Å²) >= 11 is 0. The molecule has 1 aromatic rings. The Morgan fingerprint density at radius 2 is 2.10 bits per heavy atom. The first-order valence-electron chi connectivity index (χ1n) is 7.97. The molecule has 2 heterocycles. The number of aromatic nitrogens is 2. The molecule has 20 heavy (non-hydrogen) atoms. The molecule has 1 aromatic heterocycles. The smallest absolute Gasteiger partial charge is 0.230 e. The van der Waals surface area contributed by atoms with Gasteiger partial charge in [0.25, 0.3) is 0 Å². The first kappa shape index (κ1) is 14.0. The number of hydrogen-bond acceptors (Lipinski definition) is 5. The second-order valence-corrected chi connectivity index (χ2v) is 6.43. The van der Waals surface area contributed by atoms with Crippen LogP contribution in [0.3, 0.4) is 0 Å². The molecule has 1 aliphatic carbocycles. The SMILES string of the molecule is CC1CCCCN1CCN(C)Cc1nnc(C2CC2)o1. The lowest BCUT2D eigenvalue weighted by molar-refractivity contribution is 0.138. The Morgan fingerprint density at radius 1 is 1.25 bits per heavy atom. The summed E-state index contributed by atoms with van der Waals surface area (Å²) < 4.78 is 5.71. The third kappa shape index (κ3) is 3.58. The zero-order valence-electron chi connectivity index (χ0n) is 12.7. The maximum absolute atomic E-state index is 5.71. The molecule has 1 saturated carbocycles. The first-order chi connectivity index (χ1) is 9.72. The zero-order valence-corrected chi connectivity index (χ0v) is 12.7. The van der Waals surface area contributed by atoms with Crippen molar-refractivity contribution in [3.05, 3.63) is 11.8 Å². The van der Waals surface area contributed by atoms with E-state index in [9.17, 15) is 0 Å². The van der Waals surface area contributed by atoms with Crippen LogP contribution in [-0.4, -0.2) is 52.7 Å². The van der Waals surface area contributed by atoms with Crippen molar-refractivity contribution in [1.82, 2.24) is 20.0 Å². The van der Waals surface area contributed by atoms with Gasteiger partial charge in [0.15, 0.2) is 0 Å². The van der Waals surface area contributed by atoms with Crippen molar-refractivity contribution in [1.29, 1.82) is 0 Å². The van der Waals surface area contributed by atoms with Gasteiger partial charge in [-0.3, -0.25) is 9.80 Å². The van der Waals surface area contributed by atoms with Gasteiger partial charge in [-0.1, -0.05) is 6.42 Å². The van der Waals surface area contributed by atoms with Crippen molar-refractivity contribution in [3.8, 4) is 0 Å². The summed E-state index contributed by atoms with van der Waals surface area (Å²) in [5.41, 5.74) is 0. The summed E-state index contributed by atoms with van der Waals surface area (Å²) in [5.74, 6) is 2.16. The lowest BCUT2D eigenvalue weighted by Gasteiger charge is -2.34. The van der Waals surface area contributed by atoms with Crippen molar-refractivity contribution < 1.29 is 4.42 Å². The summed E-state index contributed by atoms with van der Waals surface area (Å²) in [6, 6.07) is 0.738. The van der Waals surface area contributed by atoms with Crippen LogP contribution in [-0.2, 0) is 6.54 Å². The molecule has 3 rings (SSSR count). The molecule has 2 fully saturated rings. The van der Waals surface area contributed by atoms with E-state index in [1.807, 2.05) is 0 Å². The Labute approximate surface area is 121 Å². The zero-order chi connectivity index (χ0) is 13.9. The van der Waals surface area contributed by atoms with Crippen LogP contribution in [0.2, 0.25) is 0 Å². The van der Waals surface area contributed by atoms with Gasteiger partial charge in [0.05, 0.1) is 6.54 Å². The average Bonchev–Trinajstić information content (AvgIpc) is 3.19. The summed E-state index contributed by atoms with van der Waals surface area (Å²) in [6.07, 6.45) is 6.51. The number of piperidine rings is 1. The van der Waals surface area contributed by atoms with Gasteiger partial charge >= 0.3 is 0 Å². The molecule has 112 valence electrons. The molecule has 2 aliphatic rings. The molecule has 0 radical (unpaired) electrons. The molecule has 5 nitrogen and oxygen atoms in total. The van der Waals surface area contributed by atoms with E-state index in [-0.39, 0.29) is 0 Å². The number of rotatable bonds is 6. The summed E-state index contributed by atoms with van der Waals surface area (Å²) in [4.78, 5) is 4.88. The molecule has 0 spiro atoms. The lowest BCUT2D eigenvalue weighted by atomic mass is 10.0. The molecule has 0 amide bonds. The Bertz CT molecular complexity index is 429. The monoisotopic (exact) mass is 278 g/mol.